The van der Waals surface area contributed by atoms with Gasteiger partial charge in [0.25, 0.3) is 5.89 Å². The number of rotatable bonds is 4. The van der Waals surface area contributed by atoms with E-state index in [4.69, 9.17) is 16.1 Å². The Morgan fingerprint density at radius 3 is 3.00 bits per heavy atom. The van der Waals surface area contributed by atoms with Crippen molar-refractivity contribution in [3.05, 3.63) is 17.0 Å². The van der Waals surface area contributed by atoms with Gasteiger partial charge in [-0.25, -0.2) is 4.98 Å². The van der Waals surface area contributed by atoms with Gasteiger partial charge in [0.1, 0.15) is 4.88 Å². The van der Waals surface area contributed by atoms with Crippen LogP contribution in [-0.2, 0) is 0 Å². The normalized spacial score (nSPS) is 12.9. The van der Waals surface area contributed by atoms with Crippen LogP contribution in [0.2, 0.25) is 0 Å². The highest BCUT2D eigenvalue weighted by Crippen LogP contribution is 2.28. The molecule has 86 valence electrons. The van der Waals surface area contributed by atoms with E-state index in [2.05, 4.69) is 22.0 Å². The van der Waals surface area contributed by atoms with Crippen molar-refractivity contribution in [1.82, 2.24) is 15.1 Å². The smallest absolute Gasteiger partial charge is 0.269 e. The molecule has 16 heavy (non-hydrogen) atoms. The van der Waals surface area contributed by atoms with Gasteiger partial charge in [-0.1, -0.05) is 18.5 Å². The zero-order chi connectivity index (χ0) is 11.5. The van der Waals surface area contributed by atoms with Crippen molar-refractivity contribution >= 4 is 22.9 Å². The number of thiazole rings is 1. The molecule has 1 atom stereocenters. The van der Waals surface area contributed by atoms with Gasteiger partial charge in [-0.2, -0.15) is 4.98 Å². The lowest BCUT2D eigenvalue weighted by Gasteiger charge is -1.99. The number of nitrogens with zero attached hydrogens (tertiary/aromatic N) is 3. The fraction of sp³-hybridized carbons (Fsp3) is 0.500. The first kappa shape index (κ1) is 11.5. The van der Waals surface area contributed by atoms with Crippen LogP contribution in [-0.4, -0.2) is 15.1 Å². The minimum Gasteiger partial charge on any atom is -0.333 e. The Bertz CT molecular complexity index is 468. The SMILES string of the molecule is CCCC(Cl)c1noc(-c2cnc(C)s2)n1. The molecule has 0 saturated carbocycles. The van der Waals surface area contributed by atoms with Gasteiger partial charge >= 0.3 is 0 Å². The summed E-state index contributed by atoms with van der Waals surface area (Å²) in [4.78, 5) is 9.30. The number of hydrogen-bond donors (Lipinski definition) is 0. The van der Waals surface area contributed by atoms with Crippen LogP contribution in [0.25, 0.3) is 10.8 Å². The molecule has 0 saturated heterocycles. The number of alkyl halides is 1. The molecule has 0 aromatic carbocycles. The highest BCUT2D eigenvalue weighted by molar-refractivity contribution is 7.14. The second-order valence-corrected chi connectivity index (χ2v) is 5.22. The maximum absolute atomic E-state index is 6.12. The van der Waals surface area contributed by atoms with Gasteiger partial charge in [0.05, 0.1) is 16.6 Å². The van der Waals surface area contributed by atoms with E-state index in [1.807, 2.05) is 6.92 Å². The molecule has 0 aliphatic heterocycles. The summed E-state index contributed by atoms with van der Waals surface area (Å²) in [5.41, 5.74) is 0. The second kappa shape index (κ2) is 4.93. The number of aryl methyl sites for hydroxylation is 1. The van der Waals surface area contributed by atoms with Crippen molar-refractivity contribution in [1.29, 1.82) is 0 Å². The fourth-order valence-electron chi connectivity index (χ4n) is 1.30. The Hall–Kier alpha value is -0.940. The van der Waals surface area contributed by atoms with E-state index < -0.39 is 0 Å². The van der Waals surface area contributed by atoms with Crippen LogP contribution in [0.15, 0.2) is 10.7 Å². The van der Waals surface area contributed by atoms with Gasteiger partial charge in [-0.3, -0.25) is 0 Å². The largest absolute Gasteiger partial charge is 0.333 e. The molecule has 0 aliphatic carbocycles. The van der Waals surface area contributed by atoms with Crippen LogP contribution < -0.4 is 0 Å². The van der Waals surface area contributed by atoms with Gasteiger partial charge in [-0.05, 0) is 13.3 Å². The summed E-state index contributed by atoms with van der Waals surface area (Å²) in [6.45, 7) is 4.01. The molecular formula is C10H12ClN3OS. The highest BCUT2D eigenvalue weighted by Gasteiger charge is 2.16. The quantitative estimate of drug-likeness (QED) is 0.786. The molecule has 2 rings (SSSR count). The predicted molar refractivity (Wildman–Crippen MR) is 63.6 cm³/mol. The standard InChI is InChI=1S/C10H12ClN3OS/c1-3-4-7(11)9-13-10(15-14-9)8-5-12-6(2)16-8/h5,7H,3-4H2,1-2H3. The lowest BCUT2D eigenvalue weighted by molar-refractivity contribution is 0.421. The number of halogens is 1. The van der Waals surface area contributed by atoms with E-state index in [0.29, 0.717) is 11.7 Å². The molecule has 1 unspecified atom stereocenters. The summed E-state index contributed by atoms with van der Waals surface area (Å²) in [5.74, 6) is 1.06. The molecule has 0 fully saturated rings. The third kappa shape index (κ3) is 2.41. The Kier molecular flexibility index (Phi) is 3.56. The van der Waals surface area contributed by atoms with Crippen molar-refractivity contribution in [2.75, 3.05) is 0 Å². The molecule has 0 aliphatic rings. The first-order valence-electron chi connectivity index (χ1n) is 5.11. The molecule has 0 radical (unpaired) electrons. The Morgan fingerprint density at radius 2 is 2.38 bits per heavy atom. The second-order valence-electron chi connectivity index (χ2n) is 3.46. The van der Waals surface area contributed by atoms with Crippen molar-refractivity contribution in [3.8, 4) is 10.8 Å². The molecule has 0 N–H and O–H groups in total. The maximum Gasteiger partial charge on any atom is 0.269 e. The van der Waals surface area contributed by atoms with Gasteiger partial charge < -0.3 is 4.52 Å². The molecule has 0 spiro atoms. The number of aromatic nitrogens is 3. The van der Waals surface area contributed by atoms with Gasteiger partial charge in [0.2, 0.25) is 0 Å². The summed E-state index contributed by atoms with van der Waals surface area (Å²) in [6.07, 6.45) is 3.58. The van der Waals surface area contributed by atoms with Crippen LogP contribution >= 0.6 is 22.9 Å². The average Bonchev–Trinajstić information content (AvgIpc) is 2.85. The minimum absolute atomic E-state index is 0.170. The van der Waals surface area contributed by atoms with Crippen molar-refractivity contribution in [3.63, 3.8) is 0 Å². The summed E-state index contributed by atoms with van der Waals surface area (Å²) < 4.78 is 5.16. The molecule has 2 aromatic rings. The van der Waals surface area contributed by atoms with E-state index >= 15 is 0 Å². The van der Waals surface area contributed by atoms with Crippen molar-refractivity contribution in [2.24, 2.45) is 0 Å². The molecule has 0 amide bonds. The zero-order valence-corrected chi connectivity index (χ0v) is 10.7. The van der Waals surface area contributed by atoms with E-state index in [1.165, 1.54) is 11.3 Å². The maximum atomic E-state index is 6.12. The first-order valence-corrected chi connectivity index (χ1v) is 6.36. The summed E-state index contributed by atoms with van der Waals surface area (Å²) in [6, 6.07) is 0. The van der Waals surface area contributed by atoms with Crippen LogP contribution in [0.4, 0.5) is 0 Å². The summed E-state index contributed by atoms with van der Waals surface area (Å²) in [7, 11) is 0. The topological polar surface area (TPSA) is 51.8 Å². The van der Waals surface area contributed by atoms with Crippen LogP contribution in [0.1, 0.15) is 36.0 Å². The lowest BCUT2D eigenvalue weighted by Crippen LogP contribution is -1.92. The van der Waals surface area contributed by atoms with Gasteiger partial charge in [0, 0.05) is 0 Å². The monoisotopic (exact) mass is 257 g/mol. The van der Waals surface area contributed by atoms with Crippen molar-refractivity contribution < 1.29 is 4.52 Å². The fourth-order valence-corrected chi connectivity index (χ4v) is 2.31. The van der Waals surface area contributed by atoms with Crippen LogP contribution in [0.3, 0.4) is 0 Å². The zero-order valence-electron chi connectivity index (χ0n) is 9.11. The molecular weight excluding hydrogens is 246 g/mol. The van der Waals surface area contributed by atoms with Crippen molar-refractivity contribution in [2.45, 2.75) is 32.1 Å². The van der Waals surface area contributed by atoms with Crippen LogP contribution in [0, 0.1) is 6.92 Å². The summed E-state index contributed by atoms with van der Waals surface area (Å²) >= 11 is 7.64. The van der Waals surface area contributed by atoms with E-state index in [1.54, 1.807) is 6.20 Å². The molecule has 2 heterocycles. The Balaban J connectivity index is 2.19. The van der Waals surface area contributed by atoms with Gasteiger partial charge in [0.15, 0.2) is 5.82 Å². The Labute approximate surface area is 103 Å². The van der Waals surface area contributed by atoms with Gasteiger partial charge in [-0.15, -0.1) is 22.9 Å². The minimum atomic E-state index is -0.170. The predicted octanol–water partition coefficient (Wildman–Crippen LogP) is 3.58. The lowest BCUT2D eigenvalue weighted by atomic mass is 10.2. The molecule has 6 heteroatoms. The third-order valence-electron chi connectivity index (χ3n) is 2.10. The Morgan fingerprint density at radius 1 is 1.56 bits per heavy atom. The first-order chi connectivity index (χ1) is 7.70. The number of hydrogen-bond acceptors (Lipinski definition) is 5. The van der Waals surface area contributed by atoms with E-state index in [9.17, 15) is 0 Å². The van der Waals surface area contributed by atoms with E-state index in [-0.39, 0.29) is 5.38 Å². The highest BCUT2D eigenvalue weighted by atomic mass is 35.5. The van der Waals surface area contributed by atoms with E-state index in [0.717, 1.165) is 22.7 Å². The average molecular weight is 258 g/mol. The third-order valence-corrected chi connectivity index (χ3v) is 3.41. The van der Waals surface area contributed by atoms with Crippen LogP contribution in [0.5, 0.6) is 0 Å². The summed E-state index contributed by atoms with van der Waals surface area (Å²) in [5, 5.41) is 4.69. The molecule has 0 bridgehead atoms. The molecule has 4 nitrogen and oxygen atoms in total. The molecule has 2 aromatic heterocycles.